The maximum atomic E-state index is 12.3. The molecule has 1 aliphatic heterocycles. The SMILES string of the molecule is CCn1cc(CC(=O)c2ccc3c(c2)CCN3)cn1. The number of aromatic nitrogens is 2. The van der Waals surface area contributed by atoms with E-state index < -0.39 is 0 Å². The molecule has 0 unspecified atom stereocenters. The molecule has 4 heteroatoms. The molecule has 1 aromatic heterocycles. The van der Waals surface area contributed by atoms with Crippen molar-refractivity contribution in [2.75, 3.05) is 11.9 Å². The van der Waals surface area contributed by atoms with Crippen molar-refractivity contribution in [3.63, 3.8) is 0 Å². The second kappa shape index (κ2) is 4.88. The molecular formula is C15H17N3O. The zero-order valence-corrected chi connectivity index (χ0v) is 11.0. The maximum absolute atomic E-state index is 12.3. The van der Waals surface area contributed by atoms with E-state index in [-0.39, 0.29) is 5.78 Å². The van der Waals surface area contributed by atoms with Crippen molar-refractivity contribution in [3.05, 3.63) is 47.3 Å². The number of aryl methyl sites for hydroxylation is 1. The van der Waals surface area contributed by atoms with Gasteiger partial charge >= 0.3 is 0 Å². The van der Waals surface area contributed by atoms with Crippen molar-refractivity contribution in [1.82, 2.24) is 9.78 Å². The van der Waals surface area contributed by atoms with Gasteiger partial charge in [-0.2, -0.15) is 5.10 Å². The third-order valence-electron chi connectivity index (χ3n) is 3.51. The van der Waals surface area contributed by atoms with Crippen LogP contribution in [0.15, 0.2) is 30.6 Å². The first kappa shape index (κ1) is 12.0. The predicted octanol–water partition coefficient (Wildman–Crippen LogP) is 2.30. The normalized spacial score (nSPS) is 13.1. The molecule has 0 atom stereocenters. The summed E-state index contributed by atoms with van der Waals surface area (Å²) in [4.78, 5) is 12.3. The van der Waals surface area contributed by atoms with Gasteiger partial charge < -0.3 is 5.32 Å². The number of benzene rings is 1. The number of anilines is 1. The minimum atomic E-state index is 0.158. The van der Waals surface area contributed by atoms with Crippen molar-refractivity contribution >= 4 is 11.5 Å². The van der Waals surface area contributed by atoms with Gasteiger partial charge in [-0.05, 0) is 42.7 Å². The summed E-state index contributed by atoms with van der Waals surface area (Å²) < 4.78 is 1.84. The van der Waals surface area contributed by atoms with Crippen molar-refractivity contribution in [1.29, 1.82) is 0 Å². The van der Waals surface area contributed by atoms with Crippen molar-refractivity contribution in [2.45, 2.75) is 26.3 Å². The summed E-state index contributed by atoms with van der Waals surface area (Å²) in [6.45, 7) is 3.83. The first-order valence-electron chi connectivity index (χ1n) is 6.67. The average molecular weight is 255 g/mol. The maximum Gasteiger partial charge on any atom is 0.167 e. The third-order valence-corrected chi connectivity index (χ3v) is 3.51. The minimum Gasteiger partial charge on any atom is -0.384 e. The van der Waals surface area contributed by atoms with E-state index in [4.69, 9.17) is 0 Å². The highest BCUT2D eigenvalue weighted by Crippen LogP contribution is 2.23. The molecule has 2 aromatic rings. The summed E-state index contributed by atoms with van der Waals surface area (Å²) in [6, 6.07) is 5.93. The fraction of sp³-hybridized carbons (Fsp3) is 0.333. The molecule has 1 aromatic carbocycles. The van der Waals surface area contributed by atoms with Crippen LogP contribution in [0.3, 0.4) is 0 Å². The van der Waals surface area contributed by atoms with Gasteiger partial charge in [0.2, 0.25) is 0 Å². The van der Waals surface area contributed by atoms with E-state index in [0.29, 0.717) is 6.42 Å². The Morgan fingerprint density at radius 1 is 1.47 bits per heavy atom. The number of nitrogens with zero attached hydrogens (tertiary/aromatic N) is 2. The van der Waals surface area contributed by atoms with Crippen LogP contribution in [-0.4, -0.2) is 22.1 Å². The Balaban J connectivity index is 1.76. The molecule has 19 heavy (non-hydrogen) atoms. The van der Waals surface area contributed by atoms with Gasteiger partial charge in [-0.15, -0.1) is 0 Å². The Bertz CT molecular complexity index is 616. The molecule has 0 aliphatic carbocycles. The third kappa shape index (κ3) is 2.38. The number of hydrogen-bond acceptors (Lipinski definition) is 3. The molecule has 0 spiro atoms. The molecule has 1 aliphatic rings. The van der Waals surface area contributed by atoms with E-state index >= 15 is 0 Å². The summed E-state index contributed by atoms with van der Waals surface area (Å²) in [5.74, 6) is 0.158. The quantitative estimate of drug-likeness (QED) is 0.853. The largest absolute Gasteiger partial charge is 0.384 e. The first-order valence-corrected chi connectivity index (χ1v) is 6.67. The Morgan fingerprint density at radius 2 is 2.37 bits per heavy atom. The van der Waals surface area contributed by atoms with E-state index in [0.717, 1.165) is 36.3 Å². The lowest BCUT2D eigenvalue weighted by Crippen LogP contribution is -2.03. The van der Waals surface area contributed by atoms with Gasteiger partial charge in [0.15, 0.2) is 5.78 Å². The summed E-state index contributed by atoms with van der Waals surface area (Å²) in [7, 11) is 0. The lowest BCUT2D eigenvalue weighted by molar-refractivity contribution is 0.0993. The molecular weight excluding hydrogens is 238 g/mol. The van der Waals surface area contributed by atoms with Gasteiger partial charge in [0.25, 0.3) is 0 Å². The minimum absolute atomic E-state index is 0.158. The monoisotopic (exact) mass is 255 g/mol. The number of nitrogens with one attached hydrogen (secondary N) is 1. The van der Waals surface area contributed by atoms with E-state index in [9.17, 15) is 4.79 Å². The van der Waals surface area contributed by atoms with Gasteiger partial charge in [-0.3, -0.25) is 9.48 Å². The Kier molecular flexibility index (Phi) is 3.07. The topological polar surface area (TPSA) is 46.9 Å². The molecule has 1 N–H and O–H groups in total. The number of carbonyl (C=O) groups is 1. The number of ketones is 1. The highest BCUT2D eigenvalue weighted by molar-refractivity contribution is 5.98. The fourth-order valence-corrected chi connectivity index (χ4v) is 2.44. The molecule has 0 saturated carbocycles. The Hall–Kier alpha value is -2.10. The van der Waals surface area contributed by atoms with Gasteiger partial charge in [0.1, 0.15) is 0 Å². The number of hydrogen-bond donors (Lipinski definition) is 1. The van der Waals surface area contributed by atoms with Crippen molar-refractivity contribution in [3.8, 4) is 0 Å². The Morgan fingerprint density at radius 3 is 3.16 bits per heavy atom. The molecule has 0 amide bonds. The van der Waals surface area contributed by atoms with Crippen LogP contribution >= 0.6 is 0 Å². The van der Waals surface area contributed by atoms with E-state index in [1.165, 1.54) is 5.56 Å². The van der Waals surface area contributed by atoms with Crippen LogP contribution < -0.4 is 5.32 Å². The first-order chi connectivity index (χ1) is 9.26. The van der Waals surface area contributed by atoms with Crippen LogP contribution in [0.5, 0.6) is 0 Å². The number of fused-ring (bicyclic) bond motifs is 1. The van der Waals surface area contributed by atoms with Crippen LogP contribution in [0.25, 0.3) is 0 Å². The lowest BCUT2D eigenvalue weighted by Gasteiger charge is -2.03. The van der Waals surface area contributed by atoms with Crippen LogP contribution in [0, 0.1) is 0 Å². The molecule has 0 saturated heterocycles. The Labute approximate surface area is 112 Å². The van der Waals surface area contributed by atoms with Crippen LogP contribution in [0.4, 0.5) is 5.69 Å². The van der Waals surface area contributed by atoms with E-state index in [1.807, 2.05) is 36.0 Å². The molecule has 0 fully saturated rings. The standard InChI is InChI=1S/C15H17N3O/c1-2-18-10-11(9-17-18)7-15(19)13-3-4-14-12(8-13)5-6-16-14/h3-4,8-10,16H,2,5-7H2,1H3. The van der Waals surface area contributed by atoms with Crippen LogP contribution in [0.1, 0.15) is 28.4 Å². The van der Waals surface area contributed by atoms with E-state index in [2.05, 4.69) is 10.4 Å². The lowest BCUT2D eigenvalue weighted by atomic mass is 10.0. The molecule has 98 valence electrons. The molecule has 2 heterocycles. The van der Waals surface area contributed by atoms with E-state index in [1.54, 1.807) is 6.20 Å². The van der Waals surface area contributed by atoms with Crippen LogP contribution in [-0.2, 0) is 19.4 Å². The number of carbonyl (C=O) groups excluding carboxylic acids is 1. The van der Waals surface area contributed by atoms with Gasteiger partial charge in [0, 0.05) is 37.0 Å². The zero-order chi connectivity index (χ0) is 13.2. The summed E-state index contributed by atoms with van der Waals surface area (Å²) in [5.41, 5.74) is 4.18. The zero-order valence-electron chi connectivity index (χ0n) is 11.0. The second-order valence-electron chi connectivity index (χ2n) is 4.85. The fourth-order valence-electron chi connectivity index (χ4n) is 2.44. The molecule has 0 bridgehead atoms. The van der Waals surface area contributed by atoms with Crippen molar-refractivity contribution in [2.24, 2.45) is 0 Å². The van der Waals surface area contributed by atoms with Gasteiger partial charge in [0.05, 0.1) is 6.20 Å². The highest BCUT2D eigenvalue weighted by atomic mass is 16.1. The molecule has 3 rings (SSSR count). The number of rotatable bonds is 4. The smallest absolute Gasteiger partial charge is 0.167 e. The summed E-state index contributed by atoms with van der Waals surface area (Å²) in [6.07, 6.45) is 5.14. The van der Waals surface area contributed by atoms with Gasteiger partial charge in [-0.1, -0.05) is 0 Å². The van der Waals surface area contributed by atoms with Crippen molar-refractivity contribution < 1.29 is 4.79 Å². The van der Waals surface area contributed by atoms with Crippen LogP contribution in [0.2, 0.25) is 0 Å². The second-order valence-corrected chi connectivity index (χ2v) is 4.85. The predicted molar refractivity (Wildman–Crippen MR) is 74.6 cm³/mol. The molecule has 0 radical (unpaired) electrons. The van der Waals surface area contributed by atoms with Gasteiger partial charge in [-0.25, -0.2) is 0 Å². The summed E-state index contributed by atoms with van der Waals surface area (Å²) >= 11 is 0. The average Bonchev–Trinajstić information content (AvgIpc) is 3.05. The molecule has 4 nitrogen and oxygen atoms in total. The summed E-state index contributed by atoms with van der Waals surface area (Å²) in [5, 5.41) is 7.50. The number of Topliss-reactive ketones (excluding diaryl/α,β-unsaturated/α-hetero) is 1. The highest BCUT2D eigenvalue weighted by Gasteiger charge is 2.14.